The zero-order valence-corrected chi connectivity index (χ0v) is 11.9. The summed E-state index contributed by atoms with van der Waals surface area (Å²) in [6, 6.07) is 0. The van der Waals surface area contributed by atoms with E-state index in [9.17, 15) is 0 Å². The van der Waals surface area contributed by atoms with Crippen molar-refractivity contribution < 1.29 is 9.26 Å². The van der Waals surface area contributed by atoms with Crippen molar-refractivity contribution in [2.75, 3.05) is 33.4 Å². The summed E-state index contributed by atoms with van der Waals surface area (Å²) in [5, 5.41) is 10.1. The van der Waals surface area contributed by atoms with Crippen molar-refractivity contribution >= 4 is 5.96 Å². The number of hydrogen-bond donors (Lipinski definition) is 2. The van der Waals surface area contributed by atoms with Crippen LogP contribution in [-0.2, 0) is 11.2 Å². The van der Waals surface area contributed by atoms with Crippen LogP contribution < -0.4 is 10.6 Å². The molecular weight excluding hydrogens is 246 g/mol. The summed E-state index contributed by atoms with van der Waals surface area (Å²) in [7, 11) is 1.75. The molecule has 0 saturated carbocycles. The maximum absolute atomic E-state index is 5.24. The van der Waals surface area contributed by atoms with Crippen molar-refractivity contribution in [2.24, 2.45) is 4.99 Å². The number of nitrogens with one attached hydrogen (secondary N) is 2. The van der Waals surface area contributed by atoms with E-state index in [1.165, 1.54) is 0 Å². The molecule has 1 aromatic heterocycles. The molecule has 2 N–H and O–H groups in total. The third kappa shape index (κ3) is 6.76. The third-order valence-corrected chi connectivity index (χ3v) is 2.40. The molecule has 0 spiro atoms. The fourth-order valence-electron chi connectivity index (χ4n) is 1.49. The molecule has 0 fully saturated rings. The Morgan fingerprint density at radius 3 is 2.79 bits per heavy atom. The Hall–Kier alpha value is -1.63. The lowest BCUT2D eigenvalue weighted by Gasteiger charge is -2.11. The second-order valence-corrected chi connectivity index (χ2v) is 3.96. The Bertz CT molecular complexity index is 378. The van der Waals surface area contributed by atoms with Crippen LogP contribution >= 0.6 is 0 Å². The SMILES string of the molecule is CCOCCNC(=NC)NCCCc1nc(C)no1. The molecule has 0 aromatic carbocycles. The van der Waals surface area contributed by atoms with E-state index in [4.69, 9.17) is 9.26 Å². The minimum Gasteiger partial charge on any atom is -0.380 e. The Morgan fingerprint density at radius 1 is 1.37 bits per heavy atom. The normalized spacial score (nSPS) is 11.6. The predicted octanol–water partition coefficient (Wildman–Crippen LogP) is 0.512. The quantitative estimate of drug-likeness (QED) is 0.406. The smallest absolute Gasteiger partial charge is 0.226 e. The van der Waals surface area contributed by atoms with Gasteiger partial charge < -0.3 is 19.9 Å². The molecule has 0 aliphatic carbocycles. The molecule has 7 nitrogen and oxygen atoms in total. The van der Waals surface area contributed by atoms with E-state index in [0.29, 0.717) is 18.3 Å². The van der Waals surface area contributed by atoms with Crippen LogP contribution in [0.5, 0.6) is 0 Å². The summed E-state index contributed by atoms with van der Waals surface area (Å²) >= 11 is 0. The third-order valence-electron chi connectivity index (χ3n) is 2.40. The van der Waals surface area contributed by atoms with Gasteiger partial charge in [0.15, 0.2) is 11.8 Å². The molecule has 0 aliphatic rings. The molecule has 0 atom stereocenters. The zero-order chi connectivity index (χ0) is 13.9. The number of rotatable bonds is 8. The van der Waals surface area contributed by atoms with Crippen LogP contribution in [0.25, 0.3) is 0 Å². The highest BCUT2D eigenvalue weighted by Crippen LogP contribution is 1.98. The monoisotopic (exact) mass is 269 g/mol. The summed E-state index contributed by atoms with van der Waals surface area (Å²) in [5.41, 5.74) is 0. The van der Waals surface area contributed by atoms with E-state index in [1.807, 2.05) is 13.8 Å². The number of ether oxygens (including phenoxy) is 1. The van der Waals surface area contributed by atoms with Crippen LogP contribution in [0.2, 0.25) is 0 Å². The number of guanidine groups is 1. The highest BCUT2D eigenvalue weighted by atomic mass is 16.5. The molecule has 108 valence electrons. The number of nitrogens with zero attached hydrogens (tertiary/aromatic N) is 3. The first-order chi connectivity index (χ1) is 9.26. The fourth-order valence-corrected chi connectivity index (χ4v) is 1.49. The van der Waals surface area contributed by atoms with Crippen LogP contribution in [0.4, 0.5) is 0 Å². The number of aromatic nitrogens is 2. The molecule has 1 heterocycles. The van der Waals surface area contributed by atoms with Gasteiger partial charge in [0.05, 0.1) is 6.61 Å². The van der Waals surface area contributed by atoms with E-state index >= 15 is 0 Å². The van der Waals surface area contributed by atoms with Gasteiger partial charge in [-0.05, 0) is 20.3 Å². The zero-order valence-electron chi connectivity index (χ0n) is 11.9. The molecule has 0 aliphatic heterocycles. The topological polar surface area (TPSA) is 84.6 Å². The van der Waals surface area contributed by atoms with Gasteiger partial charge in [-0.2, -0.15) is 4.98 Å². The Kier molecular flexibility index (Phi) is 7.57. The lowest BCUT2D eigenvalue weighted by Crippen LogP contribution is -2.39. The average Bonchev–Trinajstić information content (AvgIpc) is 2.82. The summed E-state index contributed by atoms with van der Waals surface area (Å²) in [6.07, 6.45) is 1.68. The van der Waals surface area contributed by atoms with E-state index in [0.717, 1.165) is 38.5 Å². The van der Waals surface area contributed by atoms with Crippen LogP contribution in [0.3, 0.4) is 0 Å². The van der Waals surface area contributed by atoms with Crippen molar-refractivity contribution in [3.63, 3.8) is 0 Å². The second-order valence-electron chi connectivity index (χ2n) is 3.96. The second kappa shape index (κ2) is 9.32. The highest BCUT2D eigenvalue weighted by molar-refractivity contribution is 5.79. The predicted molar refractivity (Wildman–Crippen MR) is 73.2 cm³/mol. The van der Waals surface area contributed by atoms with Gasteiger partial charge in [0.2, 0.25) is 5.89 Å². The van der Waals surface area contributed by atoms with Crippen molar-refractivity contribution in [2.45, 2.75) is 26.7 Å². The summed E-state index contributed by atoms with van der Waals surface area (Å²) in [4.78, 5) is 8.27. The number of aryl methyl sites for hydroxylation is 2. The first kappa shape index (κ1) is 15.4. The largest absolute Gasteiger partial charge is 0.380 e. The fraction of sp³-hybridized carbons (Fsp3) is 0.750. The van der Waals surface area contributed by atoms with Crippen LogP contribution in [0, 0.1) is 6.92 Å². The van der Waals surface area contributed by atoms with Crippen molar-refractivity contribution in [3.05, 3.63) is 11.7 Å². The minimum absolute atomic E-state index is 0.677. The highest BCUT2D eigenvalue weighted by Gasteiger charge is 2.02. The van der Waals surface area contributed by atoms with Crippen LogP contribution in [0.15, 0.2) is 9.52 Å². The van der Waals surface area contributed by atoms with Crippen LogP contribution in [0.1, 0.15) is 25.1 Å². The van der Waals surface area contributed by atoms with Gasteiger partial charge in [-0.3, -0.25) is 4.99 Å². The molecular formula is C12H23N5O2. The molecule has 7 heteroatoms. The van der Waals surface area contributed by atoms with Gasteiger partial charge in [-0.25, -0.2) is 0 Å². The lowest BCUT2D eigenvalue weighted by atomic mass is 10.3. The molecule has 1 aromatic rings. The molecule has 0 unspecified atom stereocenters. The van der Waals surface area contributed by atoms with Gasteiger partial charge in [0.1, 0.15) is 0 Å². The van der Waals surface area contributed by atoms with Gasteiger partial charge in [0.25, 0.3) is 0 Å². The summed E-state index contributed by atoms with van der Waals surface area (Å²) in [6.45, 7) is 6.75. The maximum Gasteiger partial charge on any atom is 0.226 e. The molecule has 0 saturated heterocycles. The Balaban J connectivity index is 2.09. The molecule has 0 amide bonds. The first-order valence-electron chi connectivity index (χ1n) is 6.57. The Morgan fingerprint density at radius 2 is 2.16 bits per heavy atom. The van der Waals surface area contributed by atoms with Gasteiger partial charge in [-0.15, -0.1) is 0 Å². The van der Waals surface area contributed by atoms with Crippen molar-refractivity contribution in [3.8, 4) is 0 Å². The molecule has 0 bridgehead atoms. The molecule has 1 rings (SSSR count). The summed E-state index contributed by atoms with van der Waals surface area (Å²) < 4.78 is 10.3. The average molecular weight is 269 g/mol. The molecule has 19 heavy (non-hydrogen) atoms. The van der Waals surface area contributed by atoms with Gasteiger partial charge in [0, 0.05) is 33.2 Å². The van der Waals surface area contributed by atoms with Crippen molar-refractivity contribution in [1.29, 1.82) is 0 Å². The first-order valence-corrected chi connectivity index (χ1v) is 6.57. The van der Waals surface area contributed by atoms with Gasteiger partial charge in [-0.1, -0.05) is 5.16 Å². The summed E-state index contributed by atoms with van der Waals surface area (Å²) in [5.74, 6) is 2.14. The van der Waals surface area contributed by atoms with E-state index in [2.05, 4.69) is 25.8 Å². The van der Waals surface area contributed by atoms with E-state index in [-0.39, 0.29) is 0 Å². The Labute approximate surface area is 113 Å². The van der Waals surface area contributed by atoms with E-state index in [1.54, 1.807) is 7.05 Å². The number of hydrogen-bond acceptors (Lipinski definition) is 5. The van der Waals surface area contributed by atoms with E-state index < -0.39 is 0 Å². The minimum atomic E-state index is 0.677. The standard InChI is InChI=1S/C12H23N5O2/c1-4-18-9-8-15-12(13-3)14-7-5-6-11-16-10(2)17-19-11/h4-9H2,1-3H3,(H2,13,14,15). The van der Waals surface area contributed by atoms with Gasteiger partial charge >= 0.3 is 0 Å². The molecule has 0 radical (unpaired) electrons. The van der Waals surface area contributed by atoms with Crippen molar-refractivity contribution in [1.82, 2.24) is 20.8 Å². The van der Waals surface area contributed by atoms with Crippen LogP contribution in [-0.4, -0.2) is 49.5 Å². The number of aliphatic imine (C=N–C) groups is 1. The lowest BCUT2D eigenvalue weighted by molar-refractivity contribution is 0.152. The maximum atomic E-state index is 5.24.